The SMILES string of the molecule is COc1ccc(C)c2sc(N(Cc3ccccc3)C(=O)c3c(C)cnn3C)nc12. The lowest BCUT2D eigenvalue weighted by atomic mass is 10.2. The first kappa shape index (κ1) is 19.1. The van der Waals surface area contributed by atoms with Crippen LogP contribution < -0.4 is 9.64 Å². The number of anilines is 1. The van der Waals surface area contributed by atoms with Gasteiger partial charge in [-0.1, -0.05) is 47.7 Å². The average molecular weight is 407 g/mol. The third-order valence-corrected chi connectivity index (χ3v) is 6.11. The van der Waals surface area contributed by atoms with Crippen molar-refractivity contribution in [2.75, 3.05) is 12.0 Å². The third kappa shape index (κ3) is 3.49. The standard InChI is InChI=1S/C22H22N4O2S/c1-14-10-11-17(28-4)18-20(14)29-22(24-18)26(13-16-8-6-5-7-9-16)21(27)19-15(2)12-23-25(19)3/h5-12H,13H2,1-4H3. The zero-order valence-electron chi connectivity index (χ0n) is 16.8. The number of aromatic nitrogens is 3. The molecular formula is C22H22N4O2S. The number of hydrogen-bond acceptors (Lipinski definition) is 5. The van der Waals surface area contributed by atoms with E-state index in [-0.39, 0.29) is 5.91 Å². The minimum atomic E-state index is -0.123. The van der Waals surface area contributed by atoms with Crippen molar-refractivity contribution in [3.8, 4) is 5.75 Å². The number of nitrogens with zero attached hydrogens (tertiary/aromatic N) is 4. The number of amides is 1. The second kappa shape index (κ2) is 7.67. The molecule has 7 heteroatoms. The molecule has 0 saturated heterocycles. The van der Waals surface area contributed by atoms with E-state index in [4.69, 9.17) is 9.72 Å². The summed E-state index contributed by atoms with van der Waals surface area (Å²) in [5.41, 5.74) is 4.31. The molecule has 1 amide bonds. The van der Waals surface area contributed by atoms with Crippen LogP contribution in [-0.4, -0.2) is 27.8 Å². The van der Waals surface area contributed by atoms with Gasteiger partial charge in [0.2, 0.25) is 0 Å². The molecule has 0 aliphatic carbocycles. The predicted octanol–water partition coefficient (Wildman–Crippen LogP) is 4.50. The molecule has 2 heterocycles. The summed E-state index contributed by atoms with van der Waals surface area (Å²) in [5.74, 6) is 0.582. The number of benzene rings is 2. The average Bonchev–Trinajstić information content (AvgIpc) is 3.31. The van der Waals surface area contributed by atoms with E-state index >= 15 is 0 Å². The van der Waals surface area contributed by atoms with Gasteiger partial charge in [-0.3, -0.25) is 14.4 Å². The van der Waals surface area contributed by atoms with Gasteiger partial charge in [-0.15, -0.1) is 0 Å². The van der Waals surface area contributed by atoms with Crippen molar-refractivity contribution < 1.29 is 9.53 Å². The molecule has 0 bridgehead atoms. The van der Waals surface area contributed by atoms with Crippen LogP contribution in [0, 0.1) is 13.8 Å². The maximum Gasteiger partial charge on any atom is 0.278 e. The van der Waals surface area contributed by atoms with Crippen LogP contribution in [-0.2, 0) is 13.6 Å². The number of rotatable bonds is 5. The van der Waals surface area contributed by atoms with Gasteiger partial charge in [0.25, 0.3) is 5.91 Å². The van der Waals surface area contributed by atoms with Gasteiger partial charge in [-0.05, 0) is 36.6 Å². The normalized spacial score (nSPS) is 11.0. The molecule has 0 saturated carbocycles. The molecule has 0 radical (unpaired) electrons. The molecule has 0 fully saturated rings. The van der Waals surface area contributed by atoms with Gasteiger partial charge in [0, 0.05) is 7.05 Å². The Balaban J connectivity index is 1.85. The second-order valence-corrected chi connectivity index (χ2v) is 7.91. The van der Waals surface area contributed by atoms with Gasteiger partial charge in [0.1, 0.15) is 17.0 Å². The summed E-state index contributed by atoms with van der Waals surface area (Å²) in [6, 6.07) is 13.9. The van der Waals surface area contributed by atoms with Crippen molar-refractivity contribution in [1.82, 2.24) is 14.8 Å². The van der Waals surface area contributed by atoms with Crippen molar-refractivity contribution in [2.24, 2.45) is 7.05 Å². The van der Waals surface area contributed by atoms with Crippen molar-refractivity contribution in [2.45, 2.75) is 20.4 Å². The minimum absolute atomic E-state index is 0.123. The van der Waals surface area contributed by atoms with Crippen LogP contribution in [0.25, 0.3) is 10.2 Å². The Labute approximate surface area is 173 Å². The molecule has 6 nitrogen and oxygen atoms in total. The number of methoxy groups -OCH3 is 1. The van der Waals surface area contributed by atoms with Crippen molar-refractivity contribution >= 4 is 32.6 Å². The summed E-state index contributed by atoms with van der Waals surface area (Å²) < 4.78 is 8.13. The molecule has 2 aromatic heterocycles. The fourth-order valence-corrected chi connectivity index (χ4v) is 4.40. The van der Waals surface area contributed by atoms with Gasteiger partial charge in [0.05, 0.1) is 24.6 Å². The van der Waals surface area contributed by atoms with Crippen LogP contribution in [0.15, 0.2) is 48.7 Å². The van der Waals surface area contributed by atoms with Gasteiger partial charge in [-0.25, -0.2) is 4.98 Å². The molecular weight excluding hydrogens is 384 g/mol. The molecule has 29 heavy (non-hydrogen) atoms. The van der Waals surface area contributed by atoms with E-state index < -0.39 is 0 Å². The van der Waals surface area contributed by atoms with Gasteiger partial charge in [0.15, 0.2) is 5.13 Å². The van der Waals surface area contributed by atoms with Crippen LogP contribution >= 0.6 is 11.3 Å². The summed E-state index contributed by atoms with van der Waals surface area (Å²) in [4.78, 5) is 20.1. The zero-order chi connectivity index (χ0) is 20.5. The number of hydrogen-bond donors (Lipinski definition) is 0. The van der Waals surface area contributed by atoms with Crippen LogP contribution in [0.1, 0.15) is 27.2 Å². The first-order valence-electron chi connectivity index (χ1n) is 9.28. The Morgan fingerprint density at radius 1 is 1.14 bits per heavy atom. The number of aryl methyl sites for hydroxylation is 3. The zero-order valence-corrected chi connectivity index (χ0v) is 17.7. The monoisotopic (exact) mass is 406 g/mol. The van der Waals surface area contributed by atoms with Crippen molar-refractivity contribution in [3.63, 3.8) is 0 Å². The summed E-state index contributed by atoms with van der Waals surface area (Å²) >= 11 is 1.50. The molecule has 0 unspecified atom stereocenters. The maximum atomic E-state index is 13.6. The number of carbonyl (C=O) groups is 1. The highest BCUT2D eigenvalue weighted by Crippen LogP contribution is 2.37. The first-order chi connectivity index (χ1) is 14.0. The van der Waals surface area contributed by atoms with E-state index in [2.05, 4.69) is 5.10 Å². The molecule has 2 aromatic carbocycles. The van der Waals surface area contributed by atoms with E-state index in [1.807, 2.05) is 56.3 Å². The van der Waals surface area contributed by atoms with Crippen LogP contribution in [0.5, 0.6) is 5.75 Å². The van der Waals surface area contributed by atoms with E-state index in [0.29, 0.717) is 23.1 Å². The molecule has 0 atom stereocenters. The van der Waals surface area contributed by atoms with E-state index in [9.17, 15) is 4.79 Å². The second-order valence-electron chi connectivity index (χ2n) is 6.94. The van der Waals surface area contributed by atoms with Crippen molar-refractivity contribution in [3.05, 3.63) is 71.0 Å². The fourth-order valence-electron chi connectivity index (χ4n) is 3.35. The Morgan fingerprint density at radius 3 is 2.55 bits per heavy atom. The van der Waals surface area contributed by atoms with E-state index in [1.54, 1.807) is 29.9 Å². The number of thiazole rings is 1. The number of fused-ring (bicyclic) bond motifs is 1. The van der Waals surface area contributed by atoms with Crippen molar-refractivity contribution in [1.29, 1.82) is 0 Å². The van der Waals surface area contributed by atoms with Gasteiger partial charge >= 0.3 is 0 Å². The summed E-state index contributed by atoms with van der Waals surface area (Å²) in [6.07, 6.45) is 1.71. The lowest BCUT2D eigenvalue weighted by Crippen LogP contribution is -2.32. The largest absolute Gasteiger partial charge is 0.494 e. The molecule has 4 aromatic rings. The van der Waals surface area contributed by atoms with Gasteiger partial charge < -0.3 is 4.74 Å². The smallest absolute Gasteiger partial charge is 0.278 e. The molecule has 0 aliphatic rings. The highest BCUT2D eigenvalue weighted by Gasteiger charge is 2.26. The van der Waals surface area contributed by atoms with Gasteiger partial charge in [-0.2, -0.15) is 5.10 Å². The molecule has 4 rings (SSSR count). The lowest BCUT2D eigenvalue weighted by Gasteiger charge is -2.20. The van der Waals surface area contributed by atoms with Crippen LogP contribution in [0.3, 0.4) is 0 Å². The summed E-state index contributed by atoms with van der Waals surface area (Å²) in [5, 5.41) is 4.88. The Morgan fingerprint density at radius 2 is 1.90 bits per heavy atom. The summed E-state index contributed by atoms with van der Waals surface area (Å²) in [6.45, 7) is 4.36. The first-order valence-corrected chi connectivity index (χ1v) is 10.1. The summed E-state index contributed by atoms with van der Waals surface area (Å²) in [7, 11) is 3.42. The Bertz CT molecular complexity index is 1160. The predicted molar refractivity (Wildman–Crippen MR) is 116 cm³/mol. The Hall–Kier alpha value is -3.19. The molecule has 0 spiro atoms. The van der Waals surface area contributed by atoms with E-state index in [0.717, 1.165) is 26.9 Å². The maximum absolute atomic E-state index is 13.6. The molecule has 0 N–H and O–H groups in total. The highest BCUT2D eigenvalue weighted by atomic mass is 32.1. The number of ether oxygens (including phenoxy) is 1. The third-order valence-electron chi connectivity index (χ3n) is 4.90. The molecule has 0 aliphatic heterocycles. The quantitative estimate of drug-likeness (QED) is 0.490. The molecule has 148 valence electrons. The van der Waals surface area contributed by atoms with Crippen LogP contribution in [0.4, 0.5) is 5.13 Å². The number of carbonyl (C=O) groups excluding carboxylic acids is 1. The van der Waals surface area contributed by atoms with Crippen LogP contribution in [0.2, 0.25) is 0 Å². The Kier molecular flexibility index (Phi) is 5.07. The minimum Gasteiger partial charge on any atom is -0.494 e. The highest BCUT2D eigenvalue weighted by molar-refractivity contribution is 7.22. The lowest BCUT2D eigenvalue weighted by molar-refractivity contribution is 0.0975. The van der Waals surface area contributed by atoms with E-state index in [1.165, 1.54) is 11.3 Å². The topological polar surface area (TPSA) is 60.2 Å². The fraction of sp³-hybridized carbons (Fsp3) is 0.227.